The van der Waals surface area contributed by atoms with E-state index in [0.29, 0.717) is 19.7 Å². The van der Waals surface area contributed by atoms with Gasteiger partial charge in [-0.2, -0.15) is 13.2 Å². The van der Waals surface area contributed by atoms with Crippen molar-refractivity contribution < 1.29 is 27.5 Å². The van der Waals surface area contributed by atoms with Crippen LogP contribution in [0.25, 0.3) is 0 Å². The molecule has 138 valence electrons. The topological polar surface area (TPSA) is 79.5 Å². The number of alkyl halides is 3. The van der Waals surface area contributed by atoms with E-state index >= 15 is 0 Å². The normalized spacial score (nSPS) is 20.3. The van der Waals surface area contributed by atoms with Crippen LogP contribution in [0.5, 0.6) is 0 Å². The second-order valence-corrected chi connectivity index (χ2v) is 5.59. The van der Waals surface area contributed by atoms with Gasteiger partial charge in [0, 0.05) is 25.3 Å². The molecule has 1 fully saturated rings. The molecule has 1 aromatic carbocycles. The predicted molar refractivity (Wildman–Crippen MR) is 84.0 cm³/mol. The highest BCUT2D eigenvalue weighted by Crippen LogP contribution is 2.29. The van der Waals surface area contributed by atoms with Gasteiger partial charge in [0.15, 0.2) is 0 Å². The van der Waals surface area contributed by atoms with E-state index in [1.165, 1.54) is 6.07 Å². The molecule has 2 atom stereocenters. The highest BCUT2D eigenvalue weighted by molar-refractivity contribution is 5.96. The average Bonchev–Trinajstić information content (AvgIpc) is 2.99. The molecule has 1 aliphatic rings. The van der Waals surface area contributed by atoms with E-state index in [-0.39, 0.29) is 24.3 Å². The van der Waals surface area contributed by atoms with Crippen molar-refractivity contribution in [3.05, 3.63) is 35.4 Å². The summed E-state index contributed by atoms with van der Waals surface area (Å²) in [5.41, 5.74) is -1.07. The Morgan fingerprint density at radius 1 is 1.32 bits per heavy atom. The minimum absolute atomic E-state index is 0.145. The molecule has 0 spiro atoms. The van der Waals surface area contributed by atoms with Crippen molar-refractivity contribution in [2.24, 2.45) is 0 Å². The number of nitrogens with one attached hydrogen (secondary N) is 3. The molecule has 0 bridgehead atoms. The zero-order valence-electron chi connectivity index (χ0n) is 13.7. The molecule has 2 rings (SSSR count). The van der Waals surface area contributed by atoms with Crippen LogP contribution < -0.4 is 16.0 Å². The van der Waals surface area contributed by atoms with Gasteiger partial charge in [-0.25, -0.2) is 0 Å². The minimum Gasteiger partial charge on any atom is -0.375 e. The lowest BCUT2D eigenvalue weighted by Crippen LogP contribution is -2.47. The Kier molecular flexibility index (Phi) is 6.38. The van der Waals surface area contributed by atoms with Crippen molar-refractivity contribution in [3.63, 3.8) is 0 Å². The number of rotatable bonds is 6. The summed E-state index contributed by atoms with van der Waals surface area (Å²) in [5, 5.41) is 8.14. The Labute approximate surface area is 143 Å². The second-order valence-electron chi connectivity index (χ2n) is 5.59. The van der Waals surface area contributed by atoms with Crippen LogP contribution in [0.2, 0.25) is 0 Å². The van der Waals surface area contributed by atoms with Crippen LogP contribution in [-0.2, 0) is 15.7 Å². The van der Waals surface area contributed by atoms with Gasteiger partial charge in [0.25, 0.3) is 5.91 Å². The number of benzene rings is 1. The molecule has 1 aromatic rings. The lowest BCUT2D eigenvalue weighted by atomic mass is 10.1. The third-order valence-electron chi connectivity index (χ3n) is 3.75. The highest BCUT2D eigenvalue weighted by Gasteiger charge is 2.31. The molecule has 2 amide bonds. The largest absolute Gasteiger partial charge is 0.416 e. The quantitative estimate of drug-likeness (QED) is 0.706. The van der Waals surface area contributed by atoms with Crippen LogP contribution >= 0.6 is 0 Å². The molecule has 0 aromatic heterocycles. The third-order valence-corrected chi connectivity index (χ3v) is 3.75. The maximum Gasteiger partial charge on any atom is 0.416 e. The predicted octanol–water partition coefficient (Wildman–Crippen LogP) is 0.928. The molecular weight excluding hydrogens is 339 g/mol. The molecule has 6 nitrogen and oxygen atoms in total. The first-order chi connectivity index (χ1) is 11.8. The van der Waals surface area contributed by atoms with Gasteiger partial charge in [-0.05, 0) is 25.1 Å². The van der Waals surface area contributed by atoms with E-state index in [1.54, 1.807) is 0 Å². The van der Waals surface area contributed by atoms with Crippen LogP contribution in [0.1, 0.15) is 22.8 Å². The molecule has 1 saturated heterocycles. The molecule has 1 unspecified atom stereocenters. The van der Waals surface area contributed by atoms with E-state index in [2.05, 4.69) is 16.0 Å². The summed E-state index contributed by atoms with van der Waals surface area (Å²) in [6, 6.07) is 3.82. The average molecular weight is 359 g/mol. The lowest BCUT2D eigenvalue weighted by Gasteiger charge is -2.20. The van der Waals surface area contributed by atoms with Gasteiger partial charge in [-0.1, -0.05) is 6.07 Å². The third kappa shape index (κ3) is 5.43. The summed E-state index contributed by atoms with van der Waals surface area (Å²) >= 11 is 0. The molecule has 3 N–H and O–H groups in total. The van der Waals surface area contributed by atoms with E-state index in [1.807, 2.05) is 6.92 Å². The van der Waals surface area contributed by atoms with Crippen LogP contribution in [0.3, 0.4) is 0 Å². The summed E-state index contributed by atoms with van der Waals surface area (Å²) in [6.07, 6.45) is -4.68. The van der Waals surface area contributed by atoms with E-state index in [0.717, 1.165) is 18.2 Å². The lowest BCUT2D eigenvalue weighted by molar-refractivity contribution is -0.137. The Bertz CT molecular complexity index is 622. The number of amides is 2. The first-order valence-electron chi connectivity index (χ1n) is 7.88. The number of hydrogen-bond donors (Lipinski definition) is 3. The fourth-order valence-corrected chi connectivity index (χ4v) is 2.55. The summed E-state index contributed by atoms with van der Waals surface area (Å²) in [4.78, 5) is 23.9. The second kappa shape index (κ2) is 8.30. The van der Waals surface area contributed by atoms with Gasteiger partial charge >= 0.3 is 6.18 Å². The van der Waals surface area contributed by atoms with Gasteiger partial charge < -0.3 is 20.7 Å². The van der Waals surface area contributed by atoms with Crippen LogP contribution in [0.15, 0.2) is 24.3 Å². The number of carbonyl (C=O) groups is 2. The number of carbonyl (C=O) groups excluding carboxylic acids is 2. The molecule has 25 heavy (non-hydrogen) atoms. The Hall–Kier alpha value is -2.13. The van der Waals surface area contributed by atoms with Crippen LogP contribution in [0.4, 0.5) is 13.2 Å². The SMILES string of the molecule is CCOC1CNC[C@@H]1NC(=O)CNC(=O)c1cccc(C(F)(F)F)c1. The number of halogens is 3. The summed E-state index contributed by atoms with van der Waals surface area (Å²) < 4.78 is 43.5. The first kappa shape index (κ1) is 19.2. The summed E-state index contributed by atoms with van der Waals surface area (Å²) in [5.74, 6) is -1.18. The molecular formula is C16H20F3N3O3. The van der Waals surface area contributed by atoms with E-state index < -0.39 is 23.6 Å². The molecule has 0 radical (unpaired) electrons. The van der Waals surface area contributed by atoms with Crippen molar-refractivity contribution in [2.75, 3.05) is 26.2 Å². The van der Waals surface area contributed by atoms with Crippen molar-refractivity contribution in [3.8, 4) is 0 Å². The first-order valence-corrected chi connectivity index (χ1v) is 7.88. The minimum atomic E-state index is -4.53. The van der Waals surface area contributed by atoms with Crippen LogP contribution in [0, 0.1) is 0 Å². The van der Waals surface area contributed by atoms with Gasteiger partial charge in [0.2, 0.25) is 5.91 Å². The van der Waals surface area contributed by atoms with Gasteiger partial charge in [-0.15, -0.1) is 0 Å². The molecule has 0 aliphatic carbocycles. The maximum absolute atomic E-state index is 12.7. The Morgan fingerprint density at radius 2 is 2.08 bits per heavy atom. The molecule has 1 heterocycles. The number of ether oxygens (including phenoxy) is 1. The molecule has 9 heteroatoms. The summed E-state index contributed by atoms with van der Waals surface area (Å²) in [6.45, 7) is 3.22. The zero-order valence-corrected chi connectivity index (χ0v) is 13.7. The van der Waals surface area contributed by atoms with Crippen LogP contribution in [-0.4, -0.2) is 50.2 Å². The fourth-order valence-electron chi connectivity index (χ4n) is 2.55. The molecule has 0 saturated carbocycles. The fraction of sp³-hybridized carbons (Fsp3) is 0.500. The molecule has 1 aliphatic heterocycles. The monoisotopic (exact) mass is 359 g/mol. The van der Waals surface area contributed by atoms with Crippen molar-refractivity contribution in [1.29, 1.82) is 0 Å². The van der Waals surface area contributed by atoms with Crippen molar-refractivity contribution >= 4 is 11.8 Å². The highest BCUT2D eigenvalue weighted by atomic mass is 19.4. The van der Waals surface area contributed by atoms with E-state index in [9.17, 15) is 22.8 Å². The van der Waals surface area contributed by atoms with Crippen molar-refractivity contribution in [2.45, 2.75) is 25.2 Å². The Morgan fingerprint density at radius 3 is 2.76 bits per heavy atom. The van der Waals surface area contributed by atoms with Crippen molar-refractivity contribution in [1.82, 2.24) is 16.0 Å². The zero-order chi connectivity index (χ0) is 18.4. The van der Waals surface area contributed by atoms with Gasteiger partial charge in [0.1, 0.15) is 0 Å². The Balaban J connectivity index is 1.86. The standard InChI is InChI=1S/C16H20F3N3O3/c1-2-25-13-8-20-7-12(13)22-14(23)9-21-15(24)10-4-3-5-11(6-10)16(17,18)19/h3-6,12-13,20H,2,7-9H2,1H3,(H,21,24)(H,22,23)/t12-,13?/m0/s1. The smallest absolute Gasteiger partial charge is 0.375 e. The summed E-state index contributed by atoms with van der Waals surface area (Å²) in [7, 11) is 0. The number of hydrogen-bond acceptors (Lipinski definition) is 4. The maximum atomic E-state index is 12.7. The van der Waals surface area contributed by atoms with Gasteiger partial charge in [-0.3, -0.25) is 9.59 Å². The van der Waals surface area contributed by atoms with Gasteiger partial charge in [0.05, 0.1) is 24.3 Å². The van der Waals surface area contributed by atoms with E-state index in [4.69, 9.17) is 4.74 Å².